The summed E-state index contributed by atoms with van der Waals surface area (Å²) in [6.07, 6.45) is 4.28. The molecule has 142 valence electrons. The Balaban J connectivity index is 1.57. The van der Waals surface area contributed by atoms with Gasteiger partial charge in [-0.1, -0.05) is 36.4 Å². The van der Waals surface area contributed by atoms with Gasteiger partial charge in [0.25, 0.3) is 0 Å². The summed E-state index contributed by atoms with van der Waals surface area (Å²) >= 11 is 0. The predicted octanol–water partition coefficient (Wildman–Crippen LogP) is 3.12. The first-order valence-corrected chi connectivity index (χ1v) is 10.6. The van der Waals surface area contributed by atoms with E-state index in [-0.39, 0.29) is 17.0 Å². The van der Waals surface area contributed by atoms with Crippen LogP contribution in [0.5, 0.6) is 0 Å². The third-order valence-electron chi connectivity index (χ3n) is 4.44. The quantitative estimate of drug-likeness (QED) is 0.627. The second-order valence-electron chi connectivity index (χ2n) is 6.91. The molecule has 0 aliphatic heterocycles. The van der Waals surface area contributed by atoms with Crippen molar-refractivity contribution >= 4 is 20.8 Å². The Morgan fingerprint density at radius 3 is 2.52 bits per heavy atom. The Kier molecular flexibility index (Phi) is 6.21. The van der Waals surface area contributed by atoms with Gasteiger partial charge in [0.05, 0.1) is 4.90 Å². The highest BCUT2D eigenvalue weighted by Crippen LogP contribution is 2.18. The molecule has 2 N–H and O–H groups in total. The van der Waals surface area contributed by atoms with Gasteiger partial charge in [-0.25, -0.2) is 13.1 Å². The number of hydrogen-bond donors (Lipinski definition) is 2. The summed E-state index contributed by atoms with van der Waals surface area (Å²) in [5, 5.41) is 5.17. The SMILES string of the molecule is C[C@H](Cc1ccccc1)NC[C@@H](C)NS(=O)(=O)c1ccc2cnccc2c1. The minimum absolute atomic E-state index is 0.221. The van der Waals surface area contributed by atoms with E-state index in [1.165, 1.54) is 5.56 Å². The lowest BCUT2D eigenvalue weighted by molar-refractivity contribution is 0.489. The monoisotopic (exact) mass is 383 g/mol. The molecule has 2 atom stereocenters. The second-order valence-corrected chi connectivity index (χ2v) is 8.62. The third kappa shape index (κ3) is 5.35. The molecule has 0 aliphatic rings. The molecular weight excluding hydrogens is 358 g/mol. The number of hydrogen-bond acceptors (Lipinski definition) is 4. The molecule has 0 unspecified atom stereocenters. The fourth-order valence-corrected chi connectivity index (χ4v) is 4.30. The Hall–Kier alpha value is -2.28. The summed E-state index contributed by atoms with van der Waals surface area (Å²) in [6, 6.07) is 17.2. The molecule has 2 aromatic carbocycles. The second kappa shape index (κ2) is 8.61. The standard InChI is InChI=1S/C21H25N3O2S/c1-16(12-18-6-4-3-5-7-18)23-14-17(2)24-27(25,26)21-9-8-20-15-22-11-10-19(20)13-21/h3-11,13,15-17,23-24H,12,14H2,1-2H3/t16-,17-/m1/s1. The molecule has 1 aromatic heterocycles. The van der Waals surface area contributed by atoms with E-state index in [0.717, 1.165) is 17.2 Å². The van der Waals surface area contributed by atoms with Crippen molar-refractivity contribution in [3.8, 4) is 0 Å². The minimum atomic E-state index is -3.57. The van der Waals surface area contributed by atoms with Crippen molar-refractivity contribution in [2.24, 2.45) is 0 Å². The first-order valence-electron chi connectivity index (χ1n) is 9.07. The van der Waals surface area contributed by atoms with Crippen LogP contribution in [0.2, 0.25) is 0 Å². The van der Waals surface area contributed by atoms with Gasteiger partial charge in [-0.05, 0) is 49.4 Å². The molecule has 0 amide bonds. The van der Waals surface area contributed by atoms with Gasteiger partial charge >= 0.3 is 0 Å². The molecule has 6 heteroatoms. The molecule has 27 heavy (non-hydrogen) atoms. The summed E-state index contributed by atoms with van der Waals surface area (Å²) in [4.78, 5) is 4.32. The number of benzene rings is 2. The van der Waals surface area contributed by atoms with Crippen molar-refractivity contribution < 1.29 is 8.42 Å². The first kappa shape index (κ1) is 19.5. The van der Waals surface area contributed by atoms with E-state index >= 15 is 0 Å². The lowest BCUT2D eigenvalue weighted by Crippen LogP contribution is -2.42. The van der Waals surface area contributed by atoms with Crippen LogP contribution >= 0.6 is 0 Å². The summed E-state index contributed by atoms with van der Waals surface area (Å²) in [5.74, 6) is 0. The van der Waals surface area contributed by atoms with Crippen LogP contribution in [0.1, 0.15) is 19.4 Å². The van der Waals surface area contributed by atoms with Crippen LogP contribution in [-0.4, -0.2) is 32.0 Å². The normalized spacial score (nSPS) is 14.1. The molecule has 3 rings (SSSR count). The molecule has 5 nitrogen and oxygen atoms in total. The zero-order valence-electron chi connectivity index (χ0n) is 15.6. The topological polar surface area (TPSA) is 71.1 Å². The molecule has 1 heterocycles. The zero-order chi connectivity index (χ0) is 19.3. The maximum Gasteiger partial charge on any atom is 0.240 e. The predicted molar refractivity (Wildman–Crippen MR) is 109 cm³/mol. The average Bonchev–Trinajstić information content (AvgIpc) is 2.66. The van der Waals surface area contributed by atoms with Crippen LogP contribution in [0.3, 0.4) is 0 Å². The summed E-state index contributed by atoms with van der Waals surface area (Å²) in [7, 11) is -3.57. The van der Waals surface area contributed by atoms with Gasteiger partial charge in [0.15, 0.2) is 0 Å². The number of rotatable bonds is 8. The highest BCUT2D eigenvalue weighted by Gasteiger charge is 2.18. The van der Waals surface area contributed by atoms with Gasteiger partial charge < -0.3 is 5.32 Å². The average molecular weight is 384 g/mol. The highest BCUT2D eigenvalue weighted by molar-refractivity contribution is 7.89. The van der Waals surface area contributed by atoms with E-state index in [4.69, 9.17) is 0 Å². The molecule has 0 fully saturated rings. The van der Waals surface area contributed by atoms with Gasteiger partial charge in [-0.15, -0.1) is 0 Å². The van der Waals surface area contributed by atoms with E-state index in [2.05, 4.69) is 34.1 Å². The van der Waals surface area contributed by atoms with Crippen molar-refractivity contribution in [1.82, 2.24) is 15.0 Å². The molecule has 0 saturated carbocycles. The maximum absolute atomic E-state index is 12.7. The van der Waals surface area contributed by atoms with Crippen LogP contribution in [0, 0.1) is 0 Å². The van der Waals surface area contributed by atoms with E-state index in [0.29, 0.717) is 6.54 Å². The van der Waals surface area contributed by atoms with Crippen molar-refractivity contribution in [2.75, 3.05) is 6.54 Å². The Morgan fingerprint density at radius 1 is 0.963 bits per heavy atom. The minimum Gasteiger partial charge on any atom is -0.312 e. The number of sulfonamides is 1. The summed E-state index contributed by atoms with van der Waals surface area (Å²) in [6.45, 7) is 4.53. The number of pyridine rings is 1. The number of aromatic nitrogens is 1. The van der Waals surface area contributed by atoms with Gasteiger partial charge in [-0.3, -0.25) is 4.98 Å². The van der Waals surface area contributed by atoms with Gasteiger partial charge in [-0.2, -0.15) is 0 Å². The molecule has 3 aromatic rings. The Morgan fingerprint density at radius 2 is 1.74 bits per heavy atom. The molecule has 0 radical (unpaired) electrons. The van der Waals surface area contributed by atoms with E-state index in [1.807, 2.05) is 31.2 Å². The lowest BCUT2D eigenvalue weighted by atomic mass is 10.1. The van der Waals surface area contributed by atoms with Crippen molar-refractivity contribution in [2.45, 2.75) is 37.2 Å². The smallest absolute Gasteiger partial charge is 0.240 e. The van der Waals surface area contributed by atoms with Gasteiger partial charge in [0.2, 0.25) is 10.0 Å². The summed E-state index contributed by atoms with van der Waals surface area (Å²) in [5.41, 5.74) is 1.26. The fourth-order valence-electron chi connectivity index (χ4n) is 3.02. The Labute approximate surface area is 160 Å². The van der Waals surface area contributed by atoms with Crippen molar-refractivity contribution in [3.63, 3.8) is 0 Å². The maximum atomic E-state index is 12.7. The lowest BCUT2D eigenvalue weighted by Gasteiger charge is -2.19. The fraction of sp³-hybridized carbons (Fsp3) is 0.286. The van der Waals surface area contributed by atoms with E-state index in [9.17, 15) is 8.42 Å². The molecular formula is C21H25N3O2S. The summed E-state index contributed by atoms with van der Waals surface area (Å²) < 4.78 is 28.1. The largest absolute Gasteiger partial charge is 0.312 e. The number of nitrogens with zero attached hydrogens (tertiary/aromatic N) is 1. The van der Waals surface area contributed by atoms with Gasteiger partial charge in [0.1, 0.15) is 0 Å². The third-order valence-corrected chi connectivity index (χ3v) is 6.02. The zero-order valence-corrected chi connectivity index (χ0v) is 16.4. The molecule has 0 aliphatic carbocycles. The van der Waals surface area contributed by atoms with Crippen LogP contribution in [0.25, 0.3) is 10.8 Å². The van der Waals surface area contributed by atoms with Crippen molar-refractivity contribution in [1.29, 1.82) is 0 Å². The molecule has 0 spiro atoms. The number of nitrogens with one attached hydrogen (secondary N) is 2. The molecule has 0 bridgehead atoms. The van der Waals surface area contributed by atoms with Crippen LogP contribution in [-0.2, 0) is 16.4 Å². The van der Waals surface area contributed by atoms with Crippen LogP contribution in [0.15, 0.2) is 71.9 Å². The first-order chi connectivity index (χ1) is 12.9. The van der Waals surface area contributed by atoms with Crippen LogP contribution in [0.4, 0.5) is 0 Å². The van der Waals surface area contributed by atoms with Gasteiger partial charge in [0, 0.05) is 36.4 Å². The Bertz CT molecular complexity index is 990. The highest BCUT2D eigenvalue weighted by atomic mass is 32.2. The van der Waals surface area contributed by atoms with E-state index in [1.54, 1.807) is 30.6 Å². The van der Waals surface area contributed by atoms with E-state index < -0.39 is 10.0 Å². The van der Waals surface area contributed by atoms with Crippen LogP contribution < -0.4 is 10.0 Å². The number of fused-ring (bicyclic) bond motifs is 1. The van der Waals surface area contributed by atoms with Crippen molar-refractivity contribution in [3.05, 3.63) is 72.6 Å². The molecule has 0 saturated heterocycles.